The summed E-state index contributed by atoms with van der Waals surface area (Å²) in [5.74, 6) is 0. The van der Waals surface area contributed by atoms with Gasteiger partial charge in [0.15, 0.2) is 0 Å². The Morgan fingerprint density at radius 2 is 0.583 bits per heavy atom. The molecule has 0 nitrogen and oxygen atoms in total. The Balaban J connectivity index is 0.000000339. The molecule has 0 saturated carbocycles. The minimum absolute atomic E-state index is 0. The van der Waals surface area contributed by atoms with E-state index in [9.17, 15) is 0 Å². The van der Waals surface area contributed by atoms with Gasteiger partial charge in [-0.1, -0.05) is 127 Å². The van der Waals surface area contributed by atoms with Gasteiger partial charge in [-0.2, -0.15) is 71.3 Å². The molecule has 0 atom stereocenters. The van der Waals surface area contributed by atoms with Crippen molar-refractivity contribution >= 4 is 0 Å². The number of hydrogen-bond donors (Lipinski definition) is 0. The number of rotatable bonds is 0. The third kappa shape index (κ3) is 9.35. The van der Waals surface area contributed by atoms with Crippen LogP contribution in [0.5, 0.6) is 0 Å². The Bertz CT molecular complexity index is 1740. The van der Waals surface area contributed by atoms with E-state index >= 15 is 0 Å². The molecule has 234 valence electrons. The van der Waals surface area contributed by atoms with Crippen molar-refractivity contribution < 1.29 is 102 Å². The maximum absolute atomic E-state index is 3.43. The summed E-state index contributed by atoms with van der Waals surface area (Å²) in [6, 6.07) is 49.2. The van der Waals surface area contributed by atoms with Crippen LogP contribution in [-0.2, 0) is 84.4 Å². The number of fused-ring (bicyclic) bond motifs is 9. The van der Waals surface area contributed by atoms with E-state index in [-0.39, 0.29) is 102 Å². The van der Waals surface area contributed by atoms with Crippen molar-refractivity contribution in [3.05, 3.63) is 177 Å². The van der Waals surface area contributed by atoms with Crippen LogP contribution in [0.4, 0.5) is 0 Å². The molecule has 0 radical (unpaired) electrons. The quantitative estimate of drug-likeness (QED) is 0.160. The second-order valence-corrected chi connectivity index (χ2v) is 11.6. The monoisotopic (exact) mass is 786 g/mol. The topological polar surface area (TPSA) is 0 Å². The fourth-order valence-electron chi connectivity index (χ4n) is 6.53. The van der Waals surface area contributed by atoms with Crippen LogP contribution in [0.2, 0.25) is 0 Å². The van der Waals surface area contributed by atoms with Crippen molar-refractivity contribution in [1.29, 1.82) is 0 Å². The molecule has 0 aromatic heterocycles. The zero-order valence-electron chi connectivity index (χ0n) is 27.1. The van der Waals surface area contributed by atoms with Crippen LogP contribution < -0.4 is 37.2 Å². The molecule has 6 aromatic carbocycles. The third-order valence-electron chi connectivity index (χ3n) is 8.54. The Labute approximate surface area is 349 Å². The van der Waals surface area contributed by atoms with E-state index in [1.165, 1.54) is 83.5 Å². The summed E-state index contributed by atoms with van der Waals surface area (Å²) in [6.07, 6.45) is 3.15. The molecule has 6 aromatic rings. The molecule has 3 aliphatic carbocycles. The molecule has 0 saturated heterocycles. The molecule has 0 spiro atoms. The van der Waals surface area contributed by atoms with Crippen molar-refractivity contribution in [3.8, 4) is 33.4 Å². The van der Waals surface area contributed by atoms with Gasteiger partial charge in [0.1, 0.15) is 0 Å². The summed E-state index contributed by atoms with van der Waals surface area (Å²) in [5, 5.41) is 0. The molecule has 0 bridgehead atoms. The smallest absolute Gasteiger partial charge is 1.00 e. The molecule has 0 unspecified atom stereocenters. The first kappa shape index (κ1) is 44.4. The van der Waals surface area contributed by atoms with E-state index in [0.29, 0.717) is 0 Å². The van der Waals surface area contributed by atoms with Gasteiger partial charge in [0.25, 0.3) is 0 Å². The summed E-state index contributed by atoms with van der Waals surface area (Å²) >= 11 is 0. The van der Waals surface area contributed by atoms with Crippen LogP contribution in [0.15, 0.2) is 109 Å². The zero-order valence-corrected chi connectivity index (χ0v) is 34.1. The molecule has 0 heterocycles. The summed E-state index contributed by atoms with van der Waals surface area (Å²) < 4.78 is 0. The molecule has 0 aliphatic heterocycles. The molecule has 0 amide bonds. The van der Waals surface area contributed by atoms with Gasteiger partial charge in [-0.05, 0) is 19.3 Å². The summed E-state index contributed by atoms with van der Waals surface area (Å²) in [7, 11) is 0. The maximum Gasteiger partial charge on any atom is 2.00 e. The van der Waals surface area contributed by atoms with Crippen molar-refractivity contribution in [2.45, 2.75) is 40.0 Å². The van der Waals surface area contributed by atoms with Gasteiger partial charge in [-0.15, -0.1) is 33.4 Å². The van der Waals surface area contributed by atoms with Crippen LogP contribution in [0.25, 0.3) is 33.4 Å². The molecule has 3 aliphatic rings. The summed E-state index contributed by atoms with van der Waals surface area (Å²) in [4.78, 5) is 0. The molecular formula is C42H33Cl3Ti3. The normalized spacial score (nSPS) is 10.8. The standard InChI is InChI=1S/3C14H11.3ClH.3Ti/c3*1-10-6-7-14-12(8-10)9-11-4-2-3-5-13(11)14;;;;;;/h3*2-7H,9H2,1H3;3*1H;;;/q3*-1;;;;3*+2/p-3. The average molecular weight is 788 g/mol. The van der Waals surface area contributed by atoms with Crippen LogP contribution in [0.1, 0.15) is 50.1 Å². The van der Waals surface area contributed by atoms with Gasteiger partial charge in [0.05, 0.1) is 0 Å². The van der Waals surface area contributed by atoms with E-state index in [4.69, 9.17) is 0 Å². The predicted octanol–water partition coefficient (Wildman–Crippen LogP) is 1.10. The Morgan fingerprint density at radius 3 is 0.854 bits per heavy atom. The Hall–Kier alpha value is -1.67. The van der Waals surface area contributed by atoms with Crippen LogP contribution in [-0.4, -0.2) is 0 Å². The first-order chi connectivity index (χ1) is 20.5. The number of aryl methyl sites for hydroxylation is 3. The fraction of sp³-hybridized carbons (Fsp3) is 0.143. The van der Waals surface area contributed by atoms with Gasteiger partial charge in [0.2, 0.25) is 0 Å². The van der Waals surface area contributed by atoms with Gasteiger partial charge in [-0.3, -0.25) is 0 Å². The van der Waals surface area contributed by atoms with Gasteiger partial charge in [-0.25, -0.2) is 0 Å². The zero-order chi connectivity index (χ0) is 28.6. The van der Waals surface area contributed by atoms with Crippen molar-refractivity contribution in [3.63, 3.8) is 0 Å². The molecule has 0 fully saturated rings. The van der Waals surface area contributed by atoms with E-state index in [1.54, 1.807) is 0 Å². The van der Waals surface area contributed by atoms with E-state index in [0.717, 1.165) is 19.3 Å². The van der Waals surface area contributed by atoms with Crippen LogP contribution in [0, 0.1) is 39.0 Å². The fourth-order valence-corrected chi connectivity index (χ4v) is 6.53. The number of hydrogen-bond acceptors (Lipinski definition) is 0. The van der Waals surface area contributed by atoms with Gasteiger partial charge in [0, 0.05) is 0 Å². The van der Waals surface area contributed by atoms with E-state index in [2.05, 4.69) is 148 Å². The number of halogens is 3. The molecule has 6 heteroatoms. The van der Waals surface area contributed by atoms with Crippen molar-refractivity contribution in [1.82, 2.24) is 0 Å². The molecule has 0 N–H and O–H groups in total. The molecular weight excluding hydrogens is 754 g/mol. The third-order valence-corrected chi connectivity index (χ3v) is 8.54. The van der Waals surface area contributed by atoms with Crippen LogP contribution >= 0.6 is 0 Å². The minimum Gasteiger partial charge on any atom is -1.00 e. The molecule has 48 heavy (non-hydrogen) atoms. The SMILES string of the molecule is Cc1[c-]c2c(cc1)-c1ccccc1C2.Cc1[c-]c2c(cc1)-c1ccccc1C2.Cc1[c-]c2c(cc1)-c1ccccc1C2.[Cl-].[Cl-].[Cl-].[Ti+2].[Ti+2].[Ti+2]. The van der Waals surface area contributed by atoms with Crippen LogP contribution in [0.3, 0.4) is 0 Å². The Morgan fingerprint density at radius 1 is 0.333 bits per heavy atom. The maximum atomic E-state index is 3.43. The minimum atomic E-state index is 0. The Kier molecular flexibility index (Phi) is 18.2. The predicted molar refractivity (Wildman–Crippen MR) is 175 cm³/mol. The largest absolute Gasteiger partial charge is 2.00 e. The second kappa shape index (κ2) is 19.7. The summed E-state index contributed by atoms with van der Waals surface area (Å²) in [5.41, 5.74) is 20.3. The van der Waals surface area contributed by atoms with Crippen molar-refractivity contribution in [2.24, 2.45) is 0 Å². The first-order valence-electron chi connectivity index (χ1n) is 14.8. The average Bonchev–Trinajstić information content (AvgIpc) is 3.67. The van der Waals surface area contributed by atoms with Gasteiger partial charge < -0.3 is 37.2 Å². The van der Waals surface area contributed by atoms with Crippen molar-refractivity contribution in [2.75, 3.05) is 0 Å². The second-order valence-electron chi connectivity index (χ2n) is 11.6. The summed E-state index contributed by atoms with van der Waals surface area (Å²) in [6.45, 7) is 6.30. The first-order valence-corrected chi connectivity index (χ1v) is 14.8. The van der Waals surface area contributed by atoms with E-state index in [1.807, 2.05) is 0 Å². The van der Waals surface area contributed by atoms with Gasteiger partial charge >= 0.3 is 65.2 Å². The van der Waals surface area contributed by atoms with E-state index < -0.39 is 0 Å². The number of benzene rings is 6. The molecule has 9 rings (SSSR count).